The normalized spacial score (nSPS) is 14.0. The zero-order valence-corrected chi connectivity index (χ0v) is 15.8. The Hall–Kier alpha value is -2.67. The van der Waals surface area contributed by atoms with E-state index in [0.29, 0.717) is 24.7 Å². The van der Waals surface area contributed by atoms with Gasteiger partial charge in [0.05, 0.1) is 5.56 Å². The van der Waals surface area contributed by atoms with Crippen molar-refractivity contribution in [1.82, 2.24) is 15.3 Å². The number of anilines is 3. The van der Waals surface area contributed by atoms with Gasteiger partial charge in [-0.05, 0) is 49.9 Å². The van der Waals surface area contributed by atoms with Crippen LogP contribution < -0.4 is 15.5 Å². The Balaban J connectivity index is 1.52. The van der Waals surface area contributed by atoms with E-state index in [1.807, 2.05) is 12.1 Å². The van der Waals surface area contributed by atoms with E-state index < -0.39 is 0 Å². The van der Waals surface area contributed by atoms with Crippen molar-refractivity contribution in [1.29, 1.82) is 0 Å². The highest BCUT2D eigenvalue weighted by Gasteiger charge is 2.11. The number of amides is 1. The molecule has 1 amide bonds. The van der Waals surface area contributed by atoms with Crippen LogP contribution >= 0.6 is 0 Å². The number of hydrogen-bond donors (Lipinski definition) is 2. The first kappa shape index (κ1) is 19.1. The van der Waals surface area contributed by atoms with Crippen molar-refractivity contribution in [2.24, 2.45) is 0 Å². The highest BCUT2D eigenvalue weighted by Crippen LogP contribution is 2.22. The number of piperidine rings is 1. The lowest BCUT2D eigenvalue weighted by atomic mass is 10.1. The summed E-state index contributed by atoms with van der Waals surface area (Å²) in [6.45, 7) is 3.45. The second-order valence-electron chi connectivity index (χ2n) is 6.62. The predicted octanol–water partition coefficient (Wildman–Crippen LogP) is 2.98. The number of nitrogens with one attached hydrogen (secondary N) is 2. The fraction of sp³-hybridized carbons (Fsp3) is 0.450. The topological polar surface area (TPSA) is 79.4 Å². The van der Waals surface area contributed by atoms with Gasteiger partial charge in [0.2, 0.25) is 5.95 Å². The van der Waals surface area contributed by atoms with Crippen LogP contribution in [-0.4, -0.2) is 49.2 Å². The Labute approximate surface area is 160 Å². The van der Waals surface area contributed by atoms with Crippen LogP contribution in [0.5, 0.6) is 0 Å². The van der Waals surface area contributed by atoms with Crippen LogP contribution in [0.25, 0.3) is 0 Å². The van der Waals surface area contributed by atoms with Gasteiger partial charge in [0.1, 0.15) is 0 Å². The van der Waals surface area contributed by atoms with Crippen molar-refractivity contribution in [3.05, 3.63) is 42.2 Å². The van der Waals surface area contributed by atoms with E-state index in [0.717, 1.165) is 25.2 Å². The highest BCUT2D eigenvalue weighted by atomic mass is 16.5. The van der Waals surface area contributed by atoms with E-state index >= 15 is 0 Å². The average Bonchev–Trinajstić information content (AvgIpc) is 2.73. The fourth-order valence-corrected chi connectivity index (χ4v) is 3.07. The van der Waals surface area contributed by atoms with Crippen molar-refractivity contribution in [2.45, 2.75) is 25.7 Å². The summed E-state index contributed by atoms with van der Waals surface area (Å²) in [6, 6.07) is 8.30. The molecule has 27 heavy (non-hydrogen) atoms. The molecule has 144 valence electrons. The van der Waals surface area contributed by atoms with Gasteiger partial charge in [0.25, 0.3) is 5.91 Å². The van der Waals surface area contributed by atoms with Crippen LogP contribution in [0, 0.1) is 0 Å². The highest BCUT2D eigenvalue weighted by molar-refractivity contribution is 5.93. The van der Waals surface area contributed by atoms with Crippen molar-refractivity contribution >= 4 is 23.2 Å². The molecule has 0 aliphatic carbocycles. The molecule has 0 unspecified atom stereocenters. The van der Waals surface area contributed by atoms with Gasteiger partial charge >= 0.3 is 0 Å². The maximum Gasteiger partial charge on any atom is 0.254 e. The minimum Gasteiger partial charge on any atom is -0.385 e. The van der Waals surface area contributed by atoms with Crippen molar-refractivity contribution < 1.29 is 9.53 Å². The van der Waals surface area contributed by atoms with Crippen LogP contribution in [0.4, 0.5) is 17.3 Å². The quantitative estimate of drug-likeness (QED) is 0.697. The van der Waals surface area contributed by atoms with Gasteiger partial charge in [-0.2, -0.15) is 0 Å². The van der Waals surface area contributed by atoms with E-state index in [-0.39, 0.29) is 5.91 Å². The molecule has 0 saturated carbocycles. The summed E-state index contributed by atoms with van der Waals surface area (Å²) in [5, 5.41) is 5.99. The van der Waals surface area contributed by atoms with Gasteiger partial charge in [-0.3, -0.25) is 4.79 Å². The standard InChI is InChI=1S/C20H27N5O2/c1-27-13-5-10-21-19(26)16-14-22-20(23-15-16)24-17-6-8-18(9-7-17)25-11-3-2-4-12-25/h6-9,14-15H,2-5,10-13H2,1H3,(H,21,26)(H,22,23,24). The molecule has 0 spiro atoms. The van der Waals surface area contributed by atoms with Gasteiger partial charge in [-0.15, -0.1) is 0 Å². The summed E-state index contributed by atoms with van der Waals surface area (Å²) in [4.78, 5) is 22.9. The molecule has 2 heterocycles. The minimum atomic E-state index is -0.177. The largest absolute Gasteiger partial charge is 0.385 e. The lowest BCUT2D eigenvalue weighted by Crippen LogP contribution is -2.29. The summed E-state index contributed by atoms with van der Waals surface area (Å²) in [6.07, 6.45) is 7.69. The fourth-order valence-electron chi connectivity index (χ4n) is 3.07. The number of nitrogens with zero attached hydrogens (tertiary/aromatic N) is 3. The first-order valence-corrected chi connectivity index (χ1v) is 9.47. The van der Waals surface area contributed by atoms with Crippen LogP contribution in [-0.2, 0) is 4.74 Å². The van der Waals surface area contributed by atoms with Crippen molar-refractivity contribution in [3.63, 3.8) is 0 Å². The molecule has 7 heteroatoms. The number of hydrogen-bond acceptors (Lipinski definition) is 6. The first-order valence-electron chi connectivity index (χ1n) is 9.47. The van der Waals surface area contributed by atoms with E-state index in [1.54, 1.807) is 7.11 Å². The molecule has 2 aromatic rings. The summed E-state index contributed by atoms with van der Waals surface area (Å²) < 4.78 is 4.96. The lowest BCUT2D eigenvalue weighted by Gasteiger charge is -2.28. The Bertz CT molecular complexity index is 712. The maximum atomic E-state index is 12.0. The summed E-state index contributed by atoms with van der Waals surface area (Å²) in [7, 11) is 1.64. The number of benzene rings is 1. The van der Waals surface area contributed by atoms with Crippen LogP contribution in [0.1, 0.15) is 36.0 Å². The minimum absolute atomic E-state index is 0.177. The van der Waals surface area contributed by atoms with Crippen LogP contribution in [0.3, 0.4) is 0 Å². The Kier molecular flexibility index (Phi) is 6.98. The summed E-state index contributed by atoms with van der Waals surface area (Å²) in [5.41, 5.74) is 2.62. The predicted molar refractivity (Wildman–Crippen MR) is 107 cm³/mol. The van der Waals surface area contributed by atoms with Gasteiger partial charge in [0, 0.05) is 57.1 Å². The Morgan fingerprint density at radius 3 is 2.48 bits per heavy atom. The van der Waals surface area contributed by atoms with E-state index in [1.165, 1.54) is 37.3 Å². The lowest BCUT2D eigenvalue weighted by molar-refractivity contribution is 0.0948. The molecule has 0 radical (unpaired) electrons. The third-order valence-corrected chi connectivity index (χ3v) is 4.57. The molecule has 0 atom stereocenters. The molecule has 2 N–H and O–H groups in total. The Morgan fingerprint density at radius 2 is 1.81 bits per heavy atom. The molecule has 1 aliphatic rings. The van der Waals surface area contributed by atoms with Crippen LogP contribution in [0.2, 0.25) is 0 Å². The zero-order valence-electron chi connectivity index (χ0n) is 15.8. The second-order valence-corrected chi connectivity index (χ2v) is 6.62. The van der Waals surface area contributed by atoms with E-state index in [4.69, 9.17) is 4.74 Å². The third kappa shape index (κ3) is 5.65. The number of carbonyl (C=O) groups is 1. The smallest absolute Gasteiger partial charge is 0.254 e. The molecular weight excluding hydrogens is 342 g/mol. The van der Waals surface area contributed by atoms with Gasteiger partial charge in [0.15, 0.2) is 0 Å². The average molecular weight is 369 g/mol. The first-order chi connectivity index (χ1) is 13.3. The molecule has 0 bridgehead atoms. The summed E-state index contributed by atoms with van der Waals surface area (Å²) in [5.74, 6) is 0.292. The van der Waals surface area contributed by atoms with Crippen molar-refractivity contribution in [2.75, 3.05) is 43.6 Å². The van der Waals surface area contributed by atoms with Crippen molar-refractivity contribution in [3.8, 4) is 0 Å². The number of carbonyl (C=O) groups excluding carboxylic acids is 1. The van der Waals surface area contributed by atoms with E-state index in [9.17, 15) is 4.79 Å². The van der Waals surface area contributed by atoms with Gasteiger partial charge in [-0.25, -0.2) is 9.97 Å². The monoisotopic (exact) mass is 369 g/mol. The number of rotatable bonds is 8. The van der Waals surface area contributed by atoms with Gasteiger partial charge in [-0.1, -0.05) is 0 Å². The third-order valence-electron chi connectivity index (χ3n) is 4.57. The van der Waals surface area contributed by atoms with E-state index in [2.05, 4.69) is 37.6 Å². The van der Waals surface area contributed by atoms with Crippen LogP contribution in [0.15, 0.2) is 36.7 Å². The molecule has 1 fully saturated rings. The zero-order chi connectivity index (χ0) is 18.9. The SMILES string of the molecule is COCCCNC(=O)c1cnc(Nc2ccc(N3CCCCC3)cc2)nc1. The molecule has 1 saturated heterocycles. The molecule has 1 aliphatic heterocycles. The van der Waals surface area contributed by atoms with Gasteiger partial charge < -0.3 is 20.3 Å². The molecule has 3 rings (SSSR count). The second kappa shape index (κ2) is 9.87. The molecule has 1 aromatic carbocycles. The number of aromatic nitrogens is 2. The number of ether oxygens (including phenoxy) is 1. The Morgan fingerprint density at radius 1 is 1.11 bits per heavy atom. The maximum absolute atomic E-state index is 12.0. The number of methoxy groups -OCH3 is 1. The molecule has 7 nitrogen and oxygen atoms in total. The summed E-state index contributed by atoms with van der Waals surface area (Å²) >= 11 is 0. The molecular formula is C20H27N5O2. The molecule has 1 aromatic heterocycles.